The lowest BCUT2D eigenvalue weighted by Crippen LogP contribution is -2.33. The molecular formula is C22H20N4O4. The van der Waals surface area contributed by atoms with Gasteiger partial charge in [0, 0.05) is 29.1 Å². The van der Waals surface area contributed by atoms with Crippen LogP contribution in [-0.4, -0.2) is 23.7 Å². The number of hydrogen-bond donors (Lipinski definition) is 2. The molecule has 0 spiro atoms. The second-order valence-corrected chi connectivity index (χ2v) is 6.86. The number of ether oxygens (including phenoxy) is 1. The SMILES string of the molecule is CCOC(=O)C1=C(C)NC2=C(C=Nc3ccccc3N2)[C@@H]1c1ccccc1[N+](=O)[O-]. The van der Waals surface area contributed by atoms with Gasteiger partial charge in [0.05, 0.1) is 34.4 Å². The molecule has 0 fully saturated rings. The number of anilines is 1. The van der Waals surface area contributed by atoms with Crippen LogP contribution in [0.2, 0.25) is 0 Å². The molecule has 2 aliphatic heterocycles. The summed E-state index contributed by atoms with van der Waals surface area (Å²) in [6, 6.07) is 14.0. The molecule has 0 amide bonds. The number of aliphatic imine (C=N–C) groups is 1. The normalized spacial score (nSPS) is 17.3. The highest BCUT2D eigenvalue weighted by Crippen LogP contribution is 2.43. The van der Waals surface area contributed by atoms with E-state index in [1.54, 1.807) is 38.3 Å². The van der Waals surface area contributed by atoms with Crippen molar-refractivity contribution in [2.24, 2.45) is 4.99 Å². The van der Waals surface area contributed by atoms with Crippen molar-refractivity contribution in [2.45, 2.75) is 19.8 Å². The summed E-state index contributed by atoms with van der Waals surface area (Å²) in [5.74, 6) is -0.614. The van der Waals surface area contributed by atoms with E-state index in [1.165, 1.54) is 6.07 Å². The lowest BCUT2D eigenvalue weighted by atomic mass is 9.81. The third kappa shape index (κ3) is 3.32. The van der Waals surface area contributed by atoms with Gasteiger partial charge in [-0.15, -0.1) is 0 Å². The third-order valence-corrected chi connectivity index (χ3v) is 5.05. The van der Waals surface area contributed by atoms with E-state index in [0.717, 1.165) is 11.4 Å². The molecule has 4 rings (SSSR count). The Morgan fingerprint density at radius 2 is 1.90 bits per heavy atom. The molecule has 1 atom stereocenters. The van der Waals surface area contributed by atoms with Gasteiger partial charge in [-0.2, -0.15) is 0 Å². The molecule has 0 aliphatic carbocycles. The number of nitro benzene ring substituents is 1. The van der Waals surface area contributed by atoms with Crippen LogP contribution in [0.4, 0.5) is 17.1 Å². The highest BCUT2D eigenvalue weighted by molar-refractivity contribution is 5.99. The molecule has 2 heterocycles. The second-order valence-electron chi connectivity index (χ2n) is 6.86. The van der Waals surface area contributed by atoms with Crippen molar-refractivity contribution in [3.63, 3.8) is 0 Å². The number of fused-ring (bicyclic) bond motifs is 1. The van der Waals surface area contributed by atoms with Crippen molar-refractivity contribution in [3.8, 4) is 0 Å². The molecule has 2 aromatic carbocycles. The first-order chi connectivity index (χ1) is 14.5. The van der Waals surface area contributed by atoms with Crippen molar-refractivity contribution >= 4 is 29.2 Å². The van der Waals surface area contributed by atoms with Gasteiger partial charge in [0.15, 0.2) is 0 Å². The first kappa shape index (κ1) is 19.4. The lowest BCUT2D eigenvalue weighted by Gasteiger charge is -2.30. The second kappa shape index (κ2) is 7.82. The first-order valence-electron chi connectivity index (χ1n) is 9.53. The highest BCUT2D eigenvalue weighted by atomic mass is 16.6. The van der Waals surface area contributed by atoms with Crippen LogP contribution >= 0.6 is 0 Å². The minimum atomic E-state index is -0.715. The molecule has 30 heavy (non-hydrogen) atoms. The van der Waals surface area contributed by atoms with E-state index in [2.05, 4.69) is 15.6 Å². The fourth-order valence-electron chi connectivity index (χ4n) is 3.75. The minimum absolute atomic E-state index is 0.0685. The van der Waals surface area contributed by atoms with Crippen LogP contribution in [0.1, 0.15) is 25.3 Å². The predicted octanol–water partition coefficient (Wildman–Crippen LogP) is 4.16. The lowest BCUT2D eigenvalue weighted by molar-refractivity contribution is -0.385. The standard InChI is InChI=1S/C22H20N4O4/c1-3-30-22(27)19-13(2)24-21-15(12-23-16-9-5-6-10-17(16)25-21)20(19)14-8-4-7-11-18(14)26(28)29/h4-12,20,24-25H,3H2,1-2H3/t20-/m0/s1. The molecular weight excluding hydrogens is 384 g/mol. The molecule has 152 valence electrons. The number of hydrogen-bond acceptors (Lipinski definition) is 7. The van der Waals surface area contributed by atoms with Crippen molar-refractivity contribution in [2.75, 3.05) is 11.9 Å². The van der Waals surface area contributed by atoms with Crippen molar-refractivity contribution < 1.29 is 14.5 Å². The maximum Gasteiger partial charge on any atom is 0.336 e. The van der Waals surface area contributed by atoms with E-state index >= 15 is 0 Å². The summed E-state index contributed by atoms with van der Waals surface area (Å²) in [4.78, 5) is 28.7. The Hall–Kier alpha value is -3.94. The van der Waals surface area contributed by atoms with E-state index in [0.29, 0.717) is 28.2 Å². The topological polar surface area (TPSA) is 106 Å². The molecule has 2 aromatic rings. The number of para-hydroxylation sites is 3. The van der Waals surface area contributed by atoms with Gasteiger partial charge in [0.2, 0.25) is 0 Å². The van der Waals surface area contributed by atoms with Gasteiger partial charge in [-0.1, -0.05) is 30.3 Å². The summed E-state index contributed by atoms with van der Waals surface area (Å²) in [5.41, 5.74) is 3.36. The average Bonchev–Trinajstić information content (AvgIpc) is 2.91. The number of dihydropyridines is 1. The van der Waals surface area contributed by atoms with Crippen LogP contribution in [0, 0.1) is 10.1 Å². The smallest absolute Gasteiger partial charge is 0.336 e. The fourth-order valence-corrected chi connectivity index (χ4v) is 3.75. The maximum atomic E-state index is 12.9. The van der Waals surface area contributed by atoms with Crippen molar-refractivity contribution in [3.05, 3.63) is 86.9 Å². The molecule has 0 unspecified atom stereocenters. The van der Waals surface area contributed by atoms with Gasteiger partial charge in [-0.05, 0) is 26.0 Å². The Bertz CT molecular complexity index is 1130. The molecule has 2 N–H and O–H groups in total. The van der Waals surface area contributed by atoms with Gasteiger partial charge >= 0.3 is 5.97 Å². The van der Waals surface area contributed by atoms with E-state index in [9.17, 15) is 14.9 Å². The molecule has 8 heteroatoms. The van der Waals surface area contributed by atoms with Gasteiger partial charge in [0.25, 0.3) is 5.69 Å². The average molecular weight is 404 g/mol. The van der Waals surface area contributed by atoms with Crippen LogP contribution in [0.25, 0.3) is 0 Å². The number of nitrogens with one attached hydrogen (secondary N) is 2. The number of carbonyl (C=O) groups excluding carboxylic acids is 1. The van der Waals surface area contributed by atoms with Crippen LogP contribution in [0.3, 0.4) is 0 Å². The molecule has 0 saturated carbocycles. The quantitative estimate of drug-likeness (QED) is 0.450. The van der Waals surface area contributed by atoms with E-state index in [4.69, 9.17) is 4.74 Å². The Kier molecular flexibility index (Phi) is 5.05. The van der Waals surface area contributed by atoms with E-state index in [-0.39, 0.29) is 12.3 Å². The Morgan fingerprint density at radius 3 is 2.67 bits per heavy atom. The van der Waals surface area contributed by atoms with Crippen LogP contribution in [0.15, 0.2) is 76.2 Å². The Labute approximate surface area is 173 Å². The van der Waals surface area contributed by atoms with E-state index in [1.807, 2.05) is 24.3 Å². The Balaban J connectivity index is 1.93. The molecule has 0 aromatic heterocycles. The zero-order valence-corrected chi connectivity index (χ0v) is 16.5. The molecule has 2 aliphatic rings. The fraction of sp³-hybridized carbons (Fsp3) is 0.182. The van der Waals surface area contributed by atoms with Gasteiger partial charge in [-0.3, -0.25) is 15.1 Å². The van der Waals surface area contributed by atoms with Gasteiger partial charge < -0.3 is 15.4 Å². The monoisotopic (exact) mass is 404 g/mol. The zero-order valence-electron chi connectivity index (χ0n) is 16.5. The van der Waals surface area contributed by atoms with E-state index < -0.39 is 16.8 Å². The molecule has 8 nitrogen and oxygen atoms in total. The summed E-state index contributed by atoms with van der Waals surface area (Å²) < 4.78 is 5.28. The number of rotatable bonds is 4. The van der Waals surface area contributed by atoms with Gasteiger partial charge in [0.1, 0.15) is 5.82 Å². The van der Waals surface area contributed by atoms with Crippen molar-refractivity contribution in [1.82, 2.24) is 5.32 Å². The molecule has 0 bridgehead atoms. The number of nitrogens with zero attached hydrogens (tertiary/aromatic N) is 2. The highest BCUT2D eigenvalue weighted by Gasteiger charge is 2.38. The number of esters is 1. The Morgan fingerprint density at radius 1 is 1.17 bits per heavy atom. The first-order valence-corrected chi connectivity index (χ1v) is 9.53. The number of benzene rings is 2. The minimum Gasteiger partial charge on any atom is -0.463 e. The number of nitro groups is 1. The summed E-state index contributed by atoms with van der Waals surface area (Å²) in [7, 11) is 0. The molecule has 0 saturated heterocycles. The largest absolute Gasteiger partial charge is 0.463 e. The summed E-state index contributed by atoms with van der Waals surface area (Å²) in [6.07, 6.45) is 1.65. The van der Waals surface area contributed by atoms with Crippen LogP contribution in [0.5, 0.6) is 0 Å². The van der Waals surface area contributed by atoms with Crippen LogP contribution < -0.4 is 10.6 Å². The summed E-state index contributed by atoms with van der Waals surface area (Å²) in [5, 5.41) is 18.3. The number of carbonyl (C=O) groups is 1. The maximum absolute atomic E-state index is 12.9. The van der Waals surface area contributed by atoms with Crippen molar-refractivity contribution in [1.29, 1.82) is 0 Å². The summed E-state index contributed by atoms with van der Waals surface area (Å²) in [6.45, 7) is 3.68. The van der Waals surface area contributed by atoms with Gasteiger partial charge in [-0.25, -0.2) is 4.79 Å². The predicted molar refractivity (Wildman–Crippen MR) is 114 cm³/mol. The molecule has 0 radical (unpaired) electrons. The summed E-state index contributed by atoms with van der Waals surface area (Å²) >= 11 is 0. The third-order valence-electron chi connectivity index (χ3n) is 5.05. The zero-order chi connectivity index (χ0) is 21.3. The number of allylic oxidation sites excluding steroid dienone is 2. The van der Waals surface area contributed by atoms with Crippen LogP contribution in [-0.2, 0) is 9.53 Å².